The molecule has 0 spiro atoms. The van der Waals surface area contributed by atoms with E-state index in [0.717, 1.165) is 58.7 Å². The Bertz CT molecular complexity index is 486. The molecule has 218 valence electrons. The molecule has 0 aromatic rings. The molecule has 0 aromatic heterocycles. The molecule has 0 heterocycles. The van der Waals surface area contributed by atoms with Crippen LogP contribution in [0.4, 0.5) is 0 Å². The van der Waals surface area contributed by atoms with Gasteiger partial charge in [-0.15, -0.1) is 0 Å². The summed E-state index contributed by atoms with van der Waals surface area (Å²) in [7, 11) is 2.04. The van der Waals surface area contributed by atoms with E-state index < -0.39 is 0 Å². The van der Waals surface area contributed by atoms with Crippen LogP contribution in [0.15, 0.2) is 76.7 Å². The topological polar surface area (TPSA) is 59.8 Å². The van der Waals surface area contributed by atoms with Crippen LogP contribution >= 0.6 is 0 Å². The standard InChI is InChI=1S/C13H25N3.2C8H17N.C2H5N/c1-5-14-10-8-12-16(7-3)13-9-11-15(4)6-2;1-4-7-9(6-3)8-5-2;1-3-5-6-7-8-9-4-2;1-2-3/h5-7,14H,1-3,8-13H2,4H3;6H,3-5,7-8H2,1-2H3;4,9H,2-3,5-8H2,1H3;2H,1,3H2. The van der Waals surface area contributed by atoms with Gasteiger partial charge < -0.3 is 31.1 Å². The SMILES string of the molecule is C=CN.C=CN(CCC)CCC.C=CNCCCCCC.C=CNCCCN(C=C)CCCN(C)C=C. The molecule has 0 fully saturated rings. The van der Waals surface area contributed by atoms with Crippen molar-refractivity contribution in [1.29, 1.82) is 0 Å². The molecule has 0 aliphatic carbocycles. The molecule has 6 nitrogen and oxygen atoms in total. The number of nitrogens with zero attached hydrogens (tertiary/aromatic N) is 3. The van der Waals surface area contributed by atoms with E-state index in [4.69, 9.17) is 0 Å². The molecule has 0 unspecified atom stereocenters. The molecule has 0 aliphatic heterocycles. The molecule has 0 aromatic carbocycles. The van der Waals surface area contributed by atoms with Gasteiger partial charge in [-0.1, -0.05) is 79.5 Å². The number of unbranched alkanes of at least 4 members (excludes halogenated alkanes) is 3. The average Bonchev–Trinajstić information content (AvgIpc) is 2.91. The molecular formula is C31H64N6. The molecule has 0 saturated carbocycles. The normalized spacial score (nSPS) is 8.76. The van der Waals surface area contributed by atoms with Crippen LogP contribution in [0.2, 0.25) is 0 Å². The zero-order chi connectivity index (χ0) is 29.0. The van der Waals surface area contributed by atoms with E-state index in [9.17, 15) is 0 Å². The minimum absolute atomic E-state index is 0.973. The first-order chi connectivity index (χ1) is 17.9. The second kappa shape index (κ2) is 40.4. The highest BCUT2D eigenvalue weighted by molar-refractivity contribution is 4.74. The molecule has 0 aliphatic rings. The molecule has 6 heteroatoms. The summed E-state index contributed by atoms with van der Waals surface area (Å²) < 4.78 is 0. The molecule has 0 bridgehead atoms. The Morgan fingerprint density at radius 2 is 1.03 bits per heavy atom. The van der Waals surface area contributed by atoms with Crippen LogP contribution in [0.3, 0.4) is 0 Å². The first-order valence-corrected chi connectivity index (χ1v) is 14.0. The first kappa shape index (κ1) is 41.4. The van der Waals surface area contributed by atoms with Crippen molar-refractivity contribution in [1.82, 2.24) is 25.3 Å². The van der Waals surface area contributed by atoms with Crippen molar-refractivity contribution < 1.29 is 0 Å². The zero-order valence-electron chi connectivity index (χ0n) is 25.2. The quantitative estimate of drug-likeness (QED) is 0.139. The average molecular weight is 521 g/mol. The maximum absolute atomic E-state index is 4.61. The Hall–Kier alpha value is -2.76. The van der Waals surface area contributed by atoms with Crippen LogP contribution in [0.1, 0.15) is 72.1 Å². The minimum atomic E-state index is 0.973. The monoisotopic (exact) mass is 521 g/mol. The second-order valence-corrected chi connectivity index (χ2v) is 8.42. The third-order valence-electron chi connectivity index (χ3n) is 5.04. The molecule has 0 rings (SSSR count). The van der Waals surface area contributed by atoms with E-state index in [2.05, 4.69) is 91.3 Å². The van der Waals surface area contributed by atoms with Gasteiger partial charge in [-0.3, -0.25) is 0 Å². The van der Waals surface area contributed by atoms with Crippen molar-refractivity contribution in [2.45, 2.75) is 72.1 Å². The Kier molecular flexibility index (Phi) is 45.2. The summed E-state index contributed by atoms with van der Waals surface area (Å²) in [5.41, 5.74) is 4.61. The summed E-state index contributed by atoms with van der Waals surface area (Å²) in [6.45, 7) is 35.7. The third kappa shape index (κ3) is 43.7. The van der Waals surface area contributed by atoms with E-state index in [1.165, 1.54) is 44.7 Å². The Morgan fingerprint density at radius 3 is 1.43 bits per heavy atom. The third-order valence-corrected chi connectivity index (χ3v) is 5.04. The predicted molar refractivity (Wildman–Crippen MR) is 171 cm³/mol. The predicted octanol–water partition coefficient (Wildman–Crippen LogP) is 6.66. The molecule has 0 radical (unpaired) electrons. The Morgan fingerprint density at radius 1 is 0.568 bits per heavy atom. The lowest BCUT2D eigenvalue weighted by Gasteiger charge is -2.21. The Labute approximate surface area is 232 Å². The van der Waals surface area contributed by atoms with Gasteiger partial charge in [-0.25, -0.2) is 0 Å². The second-order valence-electron chi connectivity index (χ2n) is 8.42. The van der Waals surface area contributed by atoms with Crippen molar-refractivity contribution in [2.24, 2.45) is 5.73 Å². The van der Waals surface area contributed by atoms with Gasteiger partial charge in [0.1, 0.15) is 0 Å². The number of nitrogens with one attached hydrogen (secondary N) is 2. The fourth-order valence-corrected chi connectivity index (χ4v) is 3.02. The number of rotatable bonds is 22. The lowest BCUT2D eigenvalue weighted by Crippen LogP contribution is -2.25. The van der Waals surface area contributed by atoms with Gasteiger partial charge in [-0.2, -0.15) is 0 Å². The van der Waals surface area contributed by atoms with Crippen molar-refractivity contribution in [3.05, 3.63) is 76.7 Å². The molecular weight excluding hydrogens is 456 g/mol. The van der Waals surface area contributed by atoms with Gasteiger partial charge >= 0.3 is 0 Å². The maximum atomic E-state index is 4.61. The van der Waals surface area contributed by atoms with Gasteiger partial charge in [0.25, 0.3) is 0 Å². The van der Waals surface area contributed by atoms with E-state index >= 15 is 0 Å². The molecule has 0 amide bonds. The smallest absolute Gasteiger partial charge is 0.0189 e. The van der Waals surface area contributed by atoms with Crippen molar-refractivity contribution in [3.8, 4) is 0 Å². The summed E-state index contributed by atoms with van der Waals surface area (Å²) in [5.74, 6) is 0. The van der Waals surface area contributed by atoms with E-state index in [1.807, 2.05) is 25.6 Å². The molecule has 0 saturated heterocycles. The van der Waals surface area contributed by atoms with E-state index in [-0.39, 0.29) is 0 Å². The number of hydrogen-bond acceptors (Lipinski definition) is 6. The van der Waals surface area contributed by atoms with Crippen LogP contribution in [0.5, 0.6) is 0 Å². The molecule has 0 atom stereocenters. The molecule has 4 N–H and O–H groups in total. The maximum Gasteiger partial charge on any atom is 0.0189 e. The summed E-state index contributed by atoms with van der Waals surface area (Å²) >= 11 is 0. The van der Waals surface area contributed by atoms with Crippen LogP contribution < -0.4 is 16.4 Å². The van der Waals surface area contributed by atoms with Crippen molar-refractivity contribution in [3.63, 3.8) is 0 Å². The van der Waals surface area contributed by atoms with Gasteiger partial charge in [0.05, 0.1) is 0 Å². The van der Waals surface area contributed by atoms with Gasteiger partial charge in [0.15, 0.2) is 0 Å². The van der Waals surface area contributed by atoms with E-state index in [0.29, 0.717) is 0 Å². The van der Waals surface area contributed by atoms with Crippen LogP contribution in [0, 0.1) is 0 Å². The highest BCUT2D eigenvalue weighted by Gasteiger charge is 1.99. The van der Waals surface area contributed by atoms with Gasteiger partial charge in [0, 0.05) is 52.9 Å². The lowest BCUT2D eigenvalue weighted by molar-refractivity contribution is 0.336. The summed E-state index contributed by atoms with van der Waals surface area (Å²) in [4.78, 5) is 6.60. The van der Waals surface area contributed by atoms with Gasteiger partial charge in [-0.05, 0) is 69.3 Å². The minimum Gasteiger partial charge on any atom is -0.405 e. The fourth-order valence-electron chi connectivity index (χ4n) is 3.02. The van der Waals surface area contributed by atoms with Crippen LogP contribution in [-0.2, 0) is 0 Å². The van der Waals surface area contributed by atoms with Crippen LogP contribution in [-0.4, -0.2) is 67.6 Å². The number of nitrogens with two attached hydrogens (primary N) is 1. The van der Waals surface area contributed by atoms with E-state index in [1.54, 1.807) is 12.4 Å². The van der Waals surface area contributed by atoms with Crippen molar-refractivity contribution in [2.75, 3.05) is 52.9 Å². The van der Waals surface area contributed by atoms with Crippen LogP contribution in [0.25, 0.3) is 0 Å². The Balaban J connectivity index is -0.000000222. The first-order valence-electron chi connectivity index (χ1n) is 14.0. The largest absolute Gasteiger partial charge is 0.405 e. The highest BCUT2D eigenvalue weighted by atomic mass is 15.1. The lowest BCUT2D eigenvalue weighted by atomic mass is 10.2. The summed E-state index contributed by atoms with van der Waals surface area (Å²) in [6, 6.07) is 0. The number of hydrogen-bond donors (Lipinski definition) is 3. The fraction of sp³-hybridized carbons (Fsp3) is 0.613. The summed E-state index contributed by atoms with van der Waals surface area (Å²) in [5, 5.41) is 6.16. The van der Waals surface area contributed by atoms with Gasteiger partial charge in [0.2, 0.25) is 0 Å². The summed E-state index contributed by atoms with van der Waals surface area (Å²) in [6.07, 6.45) is 20.4. The molecule has 37 heavy (non-hydrogen) atoms. The highest BCUT2D eigenvalue weighted by Crippen LogP contribution is 1.97. The zero-order valence-corrected chi connectivity index (χ0v) is 25.2. The van der Waals surface area contributed by atoms with Crippen molar-refractivity contribution >= 4 is 0 Å².